The van der Waals surface area contributed by atoms with Gasteiger partial charge >= 0.3 is 0 Å². The van der Waals surface area contributed by atoms with E-state index in [1.807, 2.05) is 38.1 Å². The Bertz CT molecular complexity index is 932. The van der Waals surface area contributed by atoms with Crippen LogP contribution in [0.3, 0.4) is 0 Å². The molecule has 0 saturated heterocycles. The highest BCUT2D eigenvalue weighted by Crippen LogP contribution is 2.38. The fourth-order valence-corrected chi connectivity index (χ4v) is 3.35. The Balaban J connectivity index is 1.75. The van der Waals surface area contributed by atoms with Crippen molar-refractivity contribution in [1.29, 1.82) is 0 Å². The molecule has 0 fully saturated rings. The number of non-ortho nitro benzene ring substituents is 1. The zero-order valence-corrected chi connectivity index (χ0v) is 18.0. The molecular weight excluding hydrogens is 384 g/mol. The molecule has 0 radical (unpaired) electrons. The second-order valence-electron chi connectivity index (χ2n) is 8.80. The first-order chi connectivity index (χ1) is 14.1. The van der Waals surface area contributed by atoms with Gasteiger partial charge in [0, 0.05) is 6.07 Å². The van der Waals surface area contributed by atoms with Crippen LogP contribution in [0.5, 0.6) is 11.5 Å². The lowest BCUT2D eigenvalue weighted by Crippen LogP contribution is -2.49. The quantitative estimate of drug-likeness (QED) is 0.506. The van der Waals surface area contributed by atoms with Crippen LogP contribution in [0.4, 0.5) is 11.4 Å². The molecule has 1 aliphatic heterocycles. The summed E-state index contributed by atoms with van der Waals surface area (Å²) in [5, 5.41) is 11.1. The van der Waals surface area contributed by atoms with Crippen molar-refractivity contribution in [2.45, 2.75) is 46.1 Å². The number of rotatable bonds is 6. The molecule has 1 aliphatic rings. The van der Waals surface area contributed by atoms with Gasteiger partial charge in [-0.05, 0) is 35.1 Å². The van der Waals surface area contributed by atoms with E-state index in [0.717, 1.165) is 5.75 Å². The van der Waals surface area contributed by atoms with Crippen LogP contribution in [0.25, 0.3) is 0 Å². The van der Waals surface area contributed by atoms with Gasteiger partial charge in [0.2, 0.25) is 0 Å². The molecule has 160 valence electrons. The molecule has 0 bridgehead atoms. The van der Waals surface area contributed by atoms with Gasteiger partial charge in [-0.1, -0.05) is 46.8 Å². The third-order valence-corrected chi connectivity index (χ3v) is 5.12. The van der Waals surface area contributed by atoms with Crippen LogP contribution in [0.2, 0.25) is 0 Å². The Kier molecular flexibility index (Phi) is 6.01. The minimum Gasteiger partial charge on any atom is -0.492 e. The van der Waals surface area contributed by atoms with Gasteiger partial charge in [0.25, 0.3) is 11.6 Å². The van der Waals surface area contributed by atoms with Crippen LogP contribution >= 0.6 is 0 Å². The van der Waals surface area contributed by atoms with Gasteiger partial charge in [0.15, 0.2) is 11.9 Å². The van der Waals surface area contributed by atoms with Gasteiger partial charge in [-0.25, -0.2) is 0 Å². The Hall–Kier alpha value is -3.09. The van der Waals surface area contributed by atoms with Crippen molar-refractivity contribution in [3.63, 3.8) is 0 Å². The summed E-state index contributed by atoms with van der Waals surface area (Å²) in [5.41, 5.74) is 1.74. The molecular formula is C23H28N2O5. The van der Waals surface area contributed by atoms with Gasteiger partial charge in [0.05, 0.1) is 23.2 Å². The Morgan fingerprint density at radius 3 is 2.40 bits per heavy atom. The van der Waals surface area contributed by atoms with Crippen molar-refractivity contribution < 1.29 is 19.2 Å². The van der Waals surface area contributed by atoms with Crippen molar-refractivity contribution in [1.82, 2.24) is 0 Å². The fourth-order valence-electron chi connectivity index (χ4n) is 3.35. The number of hydrogen-bond acceptors (Lipinski definition) is 5. The van der Waals surface area contributed by atoms with E-state index in [0.29, 0.717) is 24.6 Å². The van der Waals surface area contributed by atoms with E-state index in [1.54, 1.807) is 11.0 Å². The molecule has 7 nitrogen and oxygen atoms in total. The first-order valence-electron chi connectivity index (χ1n) is 10.1. The predicted molar refractivity (Wildman–Crippen MR) is 115 cm³/mol. The molecule has 30 heavy (non-hydrogen) atoms. The number of amides is 1. The maximum atomic E-state index is 13.0. The van der Waals surface area contributed by atoms with Crippen LogP contribution in [-0.2, 0) is 10.2 Å². The van der Waals surface area contributed by atoms with Gasteiger partial charge in [-0.15, -0.1) is 0 Å². The van der Waals surface area contributed by atoms with E-state index in [-0.39, 0.29) is 22.9 Å². The van der Waals surface area contributed by atoms with Crippen molar-refractivity contribution in [3.05, 3.63) is 58.1 Å². The number of nitro groups is 1. The zero-order chi connectivity index (χ0) is 22.1. The third-order valence-electron chi connectivity index (χ3n) is 5.12. The number of ether oxygens (including phenoxy) is 2. The first-order valence-corrected chi connectivity index (χ1v) is 10.1. The van der Waals surface area contributed by atoms with Crippen LogP contribution < -0.4 is 14.4 Å². The minimum atomic E-state index is -0.689. The molecule has 0 aliphatic carbocycles. The maximum absolute atomic E-state index is 13.0. The standard InChI is InChI=1S/C23H28N2O5/c1-15(2)21-22(26)24(19-11-8-17(25(27)28)14-20(19)30-21)12-13-29-18-9-6-16(7-10-18)23(3,4)5/h6-11,14-15,21H,12-13H2,1-5H3. The van der Waals surface area contributed by atoms with Crippen molar-refractivity contribution in [3.8, 4) is 11.5 Å². The van der Waals surface area contributed by atoms with E-state index in [9.17, 15) is 14.9 Å². The third kappa shape index (κ3) is 4.56. The van der Waals surface area contributed by atoms with Gasteiger partial charge in [-0.2, -0.15) is 0 Å². The molecule has 1 atom stereocenters. The van der Waals surface area contributed by atoms with Crippen LogP contribution in [0, 0.1) is 16.0 Å². The van der Waals surface area contributed by atoms with Gasteiger partial charge in [-0.3, -0.25) is 14.9 Å². The van der Waals surface area contributed by atoms with Crippen molar-refractivity contribution in [2.24, 2.45) is 5.92 Å². The number of hydrogen-bond donors (Lipinski definition) is 0. The predicted octanol–water partition coefficient (Wildman–Crippen LogP) is 4.72. The molecule has 0 spiro atoms. The summed E-state index contributed by atoms with van der Waals surface area (Å²) >= 11 is 0. The molecule has 2 aromatic carbocycles. The van der Waals surface area contributed by atoms with E-state index < -0.39 is 11.0 Å². The first kappa shape index (κ1) is 21.6. The van der Waals surface area contributed by atoms with Crippen LogP contribution in [-0.4, -0.2) is 30.1 Å². The molecule has 1 amide bonds. The van der Waals surface area contributed by atoms with Crippen molar-refractivity contribution in [2.75, 3.05) is 18.1 Å². The highest BCUT2D eigenvalue weighted by molar-refractivity contribution is 6.00. The lowest BCUT2D eigenvalue weighted by atomic mass is 9.87. The van der Waals surface area contributed by atoms with E-state index in [1.165, 1.54) is 17.7 Å². The van der Waals surface area contributed by atoms with E-state index >= 15 is 0 Å². The van der Waals surface area contributed by atoms with Crippen LogP contribution in [0.15, 0.2) is 42.5 Å². The number of nitrogens with zero attached hydrogens (tertiary/aromatic N) is 2. The number of fused-ring (bicyclic) bond motifs is 1. The Morgan fingerprint density at radius 1 is 1.17 bits per heavy atom. The summed E-state index contributed by atoms with van der Waals surface area (Å²) in [6, 6.07) is 12.2. The van der Waals surface area contributed by atoms with Gasteiger partial charge in [0.1, 0.15) is 12.4 Å². The molecule has 0 N–H and O–H groups in total. The SMILES string of the molecule is CC(C)C1Oc2cc([N+](=O)[O-])ccc2N(CCOc2ccc(C(C)(C)C)cc2)C1=O. The minimum absolute atomic E-state index is 0.0664. The average molecular weight is 412 g/mol. The summed E-state index contributed by atoms with van der Waals surface area (Å²) in [6.45, 7) is 10.8. The number of carbonyl (C=O) groups is 1. The lowest BCUT2D eigenvalue weighted by Gasteiger charge is -2.35. The second kappa shape index (κ2) is 8.34. The normalized spacial score (nSPS) is 16.3. The topological polar surface area (TPSA) is 81.9 Å². The highest BCUT2D eigenvalue weighted by atomic mass is 16.6. The van der Waals surface area contributed by atoms with Crippen molar-refractivity contribution >= 4 is 17.3 Å². The molecule has 7 heteroatoms. The van der Waals surface area contributed by atoms with Gasteiger partial charge < -0.3 is 14.4 Å². The summed E-state index contributed by atoms with van der Waals surface area (Å²) in [5.74, 6) is 0.835. The summed E-state index contributed by atoms with van der Waals surface area (Å²) in [4.78, 5) is 25.2. The number of nitro benzene ring substituents is 1. The molecule has 0 aromatic heterocycles. The van der Waals surface area contributed by atoms with Crippen LogP contribution in [0.1, 0.15) is 40.2 Å². The molecule has 2 aromatic rings. The Labute approximate surface area is 176 Å². The summed E-state index contributed by atoms with van der Waals surface area (Å²) in [7, 11) is 0. The molecule has 1 heterocycles. The number of benzene rings is 2. The Morgan fingerprint density at radius 2 is 1.83 bits per heavy atom. The number of carbonyl (C=O) groups excluding carboxylic acids is 1. The smallest absolute Gasteiger partial charge is 0.273 e. The summed E-state index contributed by atoms with van der Waals surface area (Å²) < 4.78 is 11.7. The average Bonchev–Trinajstić information content (AvgIpc) is 2.68. The van der Waals surface area contributed by atoms with E-state index in [2.05, 4.69) is 20.8 Å². The second-order valence-corrected chi connectivity index (χ2v) is 8.80. The largest absolute Gasteiger partial charge is 0.492 e. The van der Waals surface area contributed by atoms with E-state index in [4.69, 9.17) is 9.47 Å². The highest BCUT2D eigenvalue weighted by Gasteiger charge is 2.37. The summed E-state index contributed by atoms with van der Waals surface area (Å²) in [6.07, 6.45) is -0.689. The number of anilines is 1. The maximum Gasteiger partial charge on any atom is 0.273 e. The molecule has 1 unspecified atom stereocenters. The zero-order valence-electron chi connectivity index (χ0n) is 18.0. The lowest BCUT2D eigenvalue weighted by molar-refractivity contribution is -0.384. The molecule has 3 rings (SSSR count). The monoisotopic (exact) mass is 412 g/mol. The fraction of sp³-hybridized carbons (Fsp3) is 0.435. The molecule has 0 saturated carbocycles.